The Morgan fingerprint density at radius 1 is 1.23 bits per heavy atom. The SMILES string of the molecule is CC(C)C(O)CC(CNC(=O)OC(C)(C)C)(C(=O)O)c1ccccc1F. The van der Waals surface area contributed by atoms with Crippen LogP contribution >= 0.6 is 0 Å². The molecule has 1 aromatic rings. The van der Waals surface area contributed by atoms with Gasteiger partial charge in [-0.25, -0.2) is 9.18 Å². The first kappa shape index (κ1) is 21.9. The van der Waals surface area contributed by atoms with Gasteiger partial charge in [0.2, 0.25) is 0 Å². The van der Waals surface area contributed by atoms with E-state index in [0.29, 0.717) is 0 Å². The molecule has 0 heterocycles. The van der Waals surface area contributed by atoms with Crippen LogP contribution in [-0.4, -0.2) is 40.5 Å². The van der Waals surface area contributed by atoms with Crippen molar-refractivity contribution in [2.45, 2.75) is 58.2 Å². The summed E-state index contributed by atoms with van der Waals surface area (Å²) in [6, 6.07) is 5.48. The fourth-order valence-corrected chi connectivity index (χ4v) is 2.53. The minimum absolute atomic E-state index is 0.0942. The summed E-state index contributed by atoms with van der Waals surface area (Å²) >= 11 is 0. The summed E-state index contributed by atoms with van der Waals surface area (Å²) in [5, 5.41) is 22.6. The summed E-state index contributed by atoms with van der Waals surface area (Å²) in [7, 11) is 0. The van der Waals surface area contributed by atoms with E-state index in [1.165, 1.54) is 18.2 Å². The number of amides is 1. The molecule has 2 unspecified atom stereocenters. The molecule has 0 saturated heterocycles. The predicted octanol–water partition coefficient (Wildman–Crippen LogP) is 3.08. The van der Waals surface area contributed by atoms with Crippen LogP contribution in [0, 0.1) is 11.7 Å². The largest absolute Gasteiger partial charge is 0.481 e. The molecule has 0 radical (unpaired) electrons. The minimum atomic E-state index is -1.83. The monoisotopic (exact) mass is 369 g/mol. The second kappa shape index (κ2) is 8.49. The highest BCUT2D eigenvalue weighted by atomic mass is 19.1. The van der Waals surface area contributed by atoms with Crippen LogP contribution in [0.2, 0.25) is 0 Å². The highest BCUT2D eigenvalue weighted by Gasteiger charge is 2.45. The quantitative estimate of drug-likeness (QED) is 0.686. The molecule has 0 spiro atoms. The molecule has 0 saturated carbocycles. The van der Waals surface area contributed by atoms with Crippen molar-refractivity contribution in [2.75, 3.05) is 6.54 Å². The van der Waals surface area contributed by atoms with Gasteiger partial charge in [0.1, 0.15) is 16.8 Å². The van der Waals surface area contributed by atoms with Crippen molar-refractivity contribution >= 4 is 12.1 Å². The zero-order valence-electron chi connectivity index (χ0n) is 15.9. The number of carboxylic acid groups (broad SMARTS) is 1. The average Bonchev–Trinajstić information content (AvgIpc) is 2.49. The number of carbonyl (C=O) groups excluding carboxylic acids is 1. The lowest BCUT2D eigenvalue weighted by molar-refractivity contribution is -0.145. The van der Waals surface area contributed by atoms with E-state index in [1.54, 1.807) is 34.6 Å². The van der Waals surface area contributed by atoms with Crippen LogP contribution in [0.25, 0.3) is 0 Å². The maximum atomic E-state index is 14.4. The molecule has 2 atom stereocenters. The van der Waals surface area contributed by atoms with E-state index in [9.17, 15) is 24.2 Å². The zero-order chi connectivity index (χ0) is 20.1. The van der Waals surface area contributed by atoms with Crippen LogP contribution in [0.3, 0.4) is 0 Å². The zero-order valence-corrected chi connectivity index (χ0v) is 15.9. The maximum absolute atomic E-state index is 14.4. The second-order valence-electron chi connectivity index (χ2n) is 7.74. The van der Waals surface area contributed by atoms with E-state index in [0.717, 1.165) is 6.07 Å². The van der Waals surface area contributed by atoms with Gasteiger partial charge in [0.05, 0.1) is 6.10 Å². The smallest absolute Gasteiger partial charge is 0.407 e. The topological polar surface area (TPSA) is 95.9 Å². The molecular formula is C19H28FNO5. The van der Waals surface area contributed by atoms with Crippen molar-refractivity contribution in [1.29, 1.82) is 0 Å². The molecule has 26 heavy (non-hydrogen) atoms. The van der Waals surface area contributed by atoms with Gasteiger partial charge >= 0.3 is 12.1 Å². The first-order valence-corrected chi connectivity index (χ1v) is 8.52. The number of halogens is 1. The molecule has 0 aliphatic rings. The lowest BCUT2D eigenvalue weighted by Gasteiger charge is -2.33. The van der Waals surface area contributed by atoms with Crippen molar-refractivity contribution in [3.63, 3.8) is 0 Å². The Morgan fingerprint density at radius 2 is 1.81 bits per heavy atom. The Bertz CT molecular complexity index is 641. The number of alkyl carbamates (subject to hydrolysis) is 1. The first-order valence-electron chi connectivity index (χ1n) is 8.52. The van der Waals surface area contributed by atoms with Gasteiger partial charge in [-0.2, -0.15) is 0 Å². The van der Waals surface area contributed by atoms with E-state index < -0.39 is 41.5 Å². The highest BCUT2D eigenvalue weighted by Crippen LogP contribution is 2.33. The van der Waals surface area contributed by atoms with Crippen molar-refractivity contribution in [3.8, 4) is 0 Å². The predicted molar refractivity (Wildman–Crippen MR) is 95.4 cm³/mol. The number of nitrogens with one attached hydrogen (secondary N) is 1. The van der Waals surface area contributed by atoms with E-state index >= 15 is 0 Å². The molecule has 1 aromatic carbocycles. The van der Waals surface area contributed by atoms with Crippen LogP contribution < -0.4 is 5.32 Å². The fourth-order valence-electron chi connectivity index (χ4n) is 2.53. The number of rotatable bonds is 7. The summed E-state index contributed by atoms with van der Waals surface area (Å²) in [4.78, 5) is 24.1. The van der Waals surface area contributed by atoms with Gasteiger partial charge in [-0.1, -0.05) is 32.0 Å². The number of aliphatic hydroxyl groups is 1. The van der Waals surface area contributed by atoms with Gasteiger partial charge in [0.25, 0.3) is 0 Å². The van der Waals surface area contributed by atoms with E-state index in [2.05, 4.69) is 5.32 Å². The van der Waals surface area contributed by atoms with Gasteiger partial charge < -0.3 is 20.3 Å². The number of ether oxygens (including phenoxy) is 1. The fraction of sp³-hybridized carbons (Fsp3) is 0.579. The number of aliphatic hydroxyl groups excluding tert-OH is 1. The molecule has 0 aromatic heterocycles. The number of hydrogen-bond acceptors (Lipinski definition) is 4. The summed E-state index contributed by atoms with van der Waals surface area (Å²) in [6.45, 7) is 8.09. The Balaban J connectivity index is 3.25. The van der Waals surface area contributed by atoms with E-state index in [1.807, 2.05) is 0 Å². The molecule has 3 N–H and O–H groups in total. The number of carboxylic acids is 1. The van der Waals surface area contributed by atoms with Crippen molar-refractivity contribution in [3.05, 3.63) is 35.6 Å². The standard InChI is InChI=1S/C19H28FNO5/c1-12(2)15(22)10-19(16(23)24,13-8-6-7-9-14(13)20)11-21-17(25)26-18(3,4)5/h6-9,12,15,22H,10-11H2,1-5H3,(H,21,25)(H,23,24). The maximum Gasteiger partial charge on any atom is 0.407 e. The summed E-state index contributed by atoms with van der Waals surface area (Å²) in [5.74, 6) is -2.28. The normalized spacial score (nSPS) is 15.2. The van der Waals surface area contributed by atoms with Gasteiger partial charge in [0.15, 0.2) is 0 Å². The lowest BCUT2D eigenvalue weighted by atomic mass is 9.74. The summed E-state index contributed by atoms with van der Waals surface area (Å²) < 4.78 is 19.5. The van der Waals surface area contributed by atoms with Gasteiger partial charge in [-0.3, -0.25) is 4.79 Å². The van der Waals surface area contributed by atoms with Crippen molar-refractivity contribution < 1.29 is 28.9 Å². The van der Waals surface area contributed by atoms with Gasteiger partial charge in [-0.05, 0) is 39.2 Å². The Labute approximate surface area is 153 Å². The molecule has 0 aliphatic heterocycles. The number of hydrogen-bond donors (Lipinski definition) is 3. The van der Waals surface area contributed by atoms with Crippen molar-refractivity contribution in [1.82, 2.24) is 5.32 Å². The molecule has 0 bridgehead atoms. The molecule has 1 amide bonds. The molecule has 146 valence electrons. The van der Waals surface area contributed by atoms with E-state index in [-0.39, 0.29) is 17.9 Å². The average molecular weight is 369 g/mol. The van der Waals surface area contributed by atoms with Crippen LogP contribution in [0.4, 0.5) is 9.18 Å². The lowest BCUT2D eigenvalue weighted by Crippen LogP contribution is -2.50. The molecule has 1 rings (SSSR count). The van der Waals surface area contributed by atoms with Crippen LogP contribution in [0.5, 0.6) is 0 Å². The number of aliphatic carboxylic acids is 1. The molecular weight excluding hydrogens is 341 g/mol. The third-order valence-corrected chi connectivity index (χ3v) is 4.06. The molecule has 0 aliphatic carbocycles. The Kier molecular flexibility index (Phi) is 7.15. The minimum Gasteiger partial charge on any atom is -0.481 e. The Morgan fingerprint density at radius 3 is 2.27 bits per heavy atom. The Hall–Kier alpha value is -2.15. The highest BCUT2D eigenvalue weighted by molar-refractivity contribution is 5.83. The van der Waals surface area contributed by atoms with E-state index in [4.69, 9.17) is 4.74 Å². The number of carbonyl (C=O) groups is 2. The molecule has 0 fully saturated rings. The van der Waals surface area contributed by atoms with Crippen LogP contribution in [0.1, 0.15) is 46.6 Å². The van der Waals surface area contributed by atoms with Gasteiger partial charge in [-0.15, -0.1) is 0 Å². The van der Waals surface area contributed by atoms with Crippen LogP contribution in [-0.2, 0) is 14.9 Å². The summed E-state index contributed by atoms with van der Waals surface area (Å²) in [6.07, 6.45) is -2.05. The third kappa shape index (κ3) is 5.69. The van der Waals surface area contributed by atoms with Crippen molar-refractivity contribution in [2.24, 2.45) is 5.92 Å². The van der Waals surface area contributed by atoms with Gasteiger partial charge in [0, 0.05) is 12.1 Å². The molecule has 6 nitrogen and oxygen atoms in total. The third-order valence-electron chi connectivity index (χ3n) is 4.06. The van der Waals surface area contributed by atoms with Crippen LogP contribution in [0.15, 0.2) is 24.3 Å². The summed E-state index contributed by atoms with van der Waals surface area (Å²) in [5.41, 5.74) is -2.68. The first-order chi connectivity index (χ1) is 11.9. The number of benzene rings is 1. The second-order valence-corrected chi connectivity index (χ2v) is 7.74. The molecule has 7 heteroatoms.